The molecule has 6 nitrogen and oxygen atoms in total. The molecule has 19 heavy (non-hydrogen) atoms. The standard InChI is InChI=1S/C13H19NO5/c1-10(13(17)14-8-4-3-5-9-14)19-12(16)7-6-11(15)18-2/h6-7,10H,3-5,8-9H2,1-2H3/b7-6+. The van der Waals surface area contributed by atoms with E-state index >= 15 is 0 Å². The first-order valence-electron chi connectivity index (χ1n) is 6.30. The van der Waals surface area contributed by atoms with Gasteiger partial charge >= 0.3 is 11.9 Å². The van der Waals surface area contributed by atoms with Gasteiger partial charge < -0.3 is 14.4 Å². The van der Waals surface area contributed by atoms with Crippen molar-refractivity contribution in [1.82, 2.24) is 4.90 Å². The summed E-state index contributed by atoms with van der Waals surface area (Å²) in [6, 6.07) is 0. The van der Waals surface area contributed by atoms with Crippen LogP contribution in [0, 0.1) is 0 Å². The zero-order valence-electron chi connectivity index (χ0n) is 11.3. The number of hydrogen-bond donors (Lipinski definition) is 0. The smallest absolute Gasteiger partial charge is 0.331 e. The van der Waals surface area contributed by atoms with Crippen molar-refractivity contribution in [2.24, 2.45) is 0 Å². The number of ether oxygens (including phenoxy) is 2. The van der Waals surface area contributed by atoms with Crippen molar-refractivity contribution in [3.05, 3.63) is 12.2 Å². The van der Waals surface area contributed by atoms with E-state index in [1.54, 1.807) is 4.90 Å². The molecule has 0 saturated carbocycles. The van der Waals surface area contributed by atoms with Crippen molar-refractivity contribution in [3.8, 4) is 0 Å². The largest absolute Gasteiger partial charge is 0.466 e. The van der Waals surface area contributed by atoms with E-state index in [4.69, 9.17) is 4.74 Å². The minimum absolute atomic E-state index is 0.195. The summed E-state index contributed by atoms with van der Waals surface area (Å²) in [6.45, 7) is 2.94. The number of carbonyl (C=O) groups excluding carboxylic acids is 3. The van der Waals surface area contributed by atoms with Gasteiger partial charge in [-0.25, -0.2) is 9.59 Å². The lowest BCUT2D eigenvalue weighted by atomic mass is 10.1. The fourth-order valence-corrected chi connectivity index (χ4v) is 1.84. The summed E-state index contributed by atoms with van der Waals surface area (Å²) in [5.41, 5.74) is 0. The van der Waals surface area contributed by atoms with Crippen LogP contribution in [0.15, 0.2) is 12.2 Å². The molecule has 1 atom stereocenters. The van der Waals surface area contributed by atoms with Crippen molar-refractivity contribution < 1.29 is 23.9 Å². The SMILES string of the molecule is COC(=O)/C=C/C(=O)OC(C)C(=O)N1CCCCC1. The van der Waals surface area contributed by atoms with Crippen molar-refractivity contribution in [2.75, 3.05) is 20.2 Å². The van der Waals surface area contributed by atoms with Gasteiger partial charge in [0.1, 0.15) is 0 Å². The van der Waals surface area contributed by atoms with Gasteiger partial charge in [-0.1, -0.05) is 0 Å². The lowest BCUT2D eigenvalue weighted by molar-refractivity contribution is -0.155. The molecule has 1 heterocycles. The number of nitrogens with zero attached hydrogens (tertiary/aromatic N) is 1. The lowest BCUT2D eigenvalue weighted by Crippen LogP contribution is -2.42. The van der Waals surface area contributed by atoms with Crippen molar-refractivity contribution >= 4 is 17.8 Å². The third-order valence-electron chi connectivity index (χ3n) is 2.87. The van der Waals surface area contributed by atoms with E-state index in [9.17, 15) is 14.4 Å². The summed E-state index contributed by atoms with van der Waals surface area (Å²) >= 11 is 0. The van der Waals surface area contributed by atoms with Crippen LogP contribution in [0.1, 0.15) is 26.2 Å². The van der Waals surface area contributed by atoms with Crippen LogP contribution in [0.2, 0.25) is 0 Å². The highest BCUT2D eigenvalue weighted by Gasteiger charge is 2.24. The molecule has 0 aromatic carbocycles. The average molecular weight is 269 g/mol. The molecule has 0 aromatic rings. The molecule has 0 aromatic heterocycles. The Morgan fingerprint density at radius 3 is 2.21 bits per heavy atom. The van der Waals surface area contributed by atoms with Crippen molar-refractivity contribution in [1.29, 1.82) is 0 Å². The van der Waals surface area contributed by atoms with Gasteiger partial charge in [-0.05, 0) is 26.2 Å². The number of hydrogen-bond acceptors (Lipinski definition) is 5. The number of carbonyl (C=O) groups is 3. The van der Waals surface area contributed by atoms with Crippen LogP contribution in [0.4, 0.5) is 0 Å². The van der Waals surface area contributed by atoms with Gasteiger partial charge in [-0.2, -0.15) is 0 Å². The van der Waals surface area contributed by atoms with Crippen LogP contribution < -0.4 is 0 Å². The molecule has 1 aliphatic rings. The minimum Gasteiger partial charge on any atom is -0.466 e. The first kappa shape index (κ1) is 15.2. The van der Waals surface area contributed by atoms with Crippen LogP contribution in [-0.4, -0.2) is 49.0 Å². The summed E-state index contributed by atoms with van der Waals surface area (Å²) < 4.78 is 9.28. The quantitative estimate of drug-likeness (QED) is 0.553. The maximum Gasteiger partial charge on any atom is 0.331 e. The summed E-state index contributed by atoms with van der Waals surface area (Å²) in [7, 11) is 1.21. The van der Waals surface area contributed by atoms with Gasteiger partial charge in [-0.15, -0.1) is 0 Å². The normalized spacial score (nSPS) is 17.1. The minimum atomic E-state index is -0.840. The molecule has 0 spiro atoms. The Labute approximate surface area is 112 Å². The monoisotopic (exact) mass is 269 g/mol. The van der Waals surface area contributed by atoms with Crippen LogP contribution in [0.3, 0.4) is 0 Å². The van der Waals surface area contributed by atoms with Gasteiger partial charge in [0.15, 0.2) is 6.10 Å². The molecule has 1 amide bonds. The summed E-state index contributed by atoms with van der Waals surface area (Å²) in [5.74, 6) is -1.57. The predicted octanol–water partition coefficient (Wildman–Crippen LogP) is 0.660. The molecule has 0 aliphatic carbocycles. The highest BCUT2D eigenvalue weighted by atomic mass is 16.5. The van der Waals surface area contributed by atoms with Crippen molar-refractivity contribution in [2.45, 2.75) is 32.3 Å². The third kappa shape index (κ3) is 5.11. The van der Waals surface area contributed by atoms with Gasteiger partial charge in [0, 0.05) is 25.2 Å². The van der Waals surface area contributed by atoms with Gasteiger partial charge in [0.2, 0.25) is 0 Å². The molecule has 1 unspecified atom stereocenters. The Balaban J connectivity index is 2.42. The van der Waals surface area contributed by atoms with E-state index in [0.29, 0.717) is 13.1 Å². The van der Waals surface area contributed by atoms with Gasteiger partial charge in [-0.3, -0.25) is 4.79 Å². The fourth-order valence-electron chi connectivity index (χ4n) is 1.84. The molecular weight excluding hydrogens is 250 g/mol. The second-order valence-electron chi connectivity index (χ2n) is 4.32. The van der Waals surface area contributed by atoms with E-state index in [2.05, 4.69) is 4.74 Å². The highest BCUT2D eigenvalue weighted by Crippen LogP contribution is 2.11. The number of methoxy groups -OCH3 is 1. The highest BCUT2D eigenvalue weighted by molar-refractivity contribution is 5.93. The molecular formula is C13H19NO5. The molecule has 1 fully saturated rings. The van der Waals surface area contributed by atoms with E-state index in [1.165, 1.54) is 14.0 Å². The van der Waals surface area contributed by atoms with Gasteiger partial charge in [0.05, 0.1) is 7.11 Å². The average Bonchev–Trinajstić information content (AvgIpc) is 2.44. The zero-order chi connectivity index (χ0) is 14.3. The van der Waals surface area contributed by atoms with Crippen LogP contribution in [0.5, 0.6) is 0 Å². The Kier molecular flexibility index (Phi) is 6.05. The molecule has 0 bridgehead atoms. The second-order valence-corrected chi connectivity index (χ2v) is 4.32. The topological polar surface area (TPSA) is 72.9 Å². The van der Waals surface area contributed by atoms with Crippen molar-refractivity contribution in [3.63, 3.8) is 0 Å². The Bertz CT molecular complexity index is 371. The molecule has 106 valence electrons. The Morgan fingerprint density at radius 1 is 1.05 bits per heavy atom. The van der Waals surface area contributed by atoms with E-state index in [1.807, 2.05) is 0 Å². The van der Waals surface area contributed by atoms with E-state index in [0.717, 1.165) is 31.4 Å². The van der Waals surface area contributed by atoms with Gasteiger partial charge in [0.25, 0.3) is 5.91 Å². The maximum absolute atomic E-state index is 12.0. The fraction of sp³-hybridized carbons (Fsp3) is 0.615. The number of likely N-dealkylation sites (tertiary alicyclic amines) is 1. The maximum atomic E-state index is 12.0. The first-order chi connectivity index (χ1) is 9.04. The summed E-state index contributed by atoms with van der Waals surface area (Å²) in [5, 5.41) is 0. The first-order valence-corrected chi connectivity index (χ1v) is 6.30. The molecule has 1 saturated heterocycles. The Hall–Kier alpha value is -1.85. The molecule has 0 N–H and O–H groups in total. The number of rotatable bonds is 4. The molecule has 1 aliphatic heterocycles. The summed E-state index contributed by atoms with van der Waals surface area (Å²) in [6.07, 6.45) is 4.16. The zero-order valence-corrected chi connectivity index (χ0v) is 11.3. The number of esters is 2. The second kappa shape index (κ2) is 7.56. The van der Waals surface area contributed by atoms with Crippen LogP contribution >= 0.6 is 0 Å². The molecule has 0 radical (unpaired) electrons. The predicted molar refractivity (Wildman–Crippen MR) is 67.1 cm³/mol. The van der Waals surface area contributed by atoms with Crippen LogP contribution in [0.25, 0.3) is 0 Å². The third-order valence-corrected chi connectivity index (χ3v) is 2.87. The van der Waals surface area contributed by atoms with E-state index < -0.39 is 18.0 Å². The number of piperidine rings is 1. The summed E-state index contributed by atoms with van der Waals surface area (Å²) in [4.78, 5) is 35.8. The molecule has 1 rings (SSSR count). The lowest BCUT2D eigenvalue weighted by Gasteiger charge is -2.28. The van der Waals surface area contributed by atoms with Crippen LogP contribution in [-0.2, 0) is 23.9 Å². The number of amides is 1. The Morgan fingerprint density at radius 2 is 1.63 bits per heavy atom. The molecule has 6 heteroatoms. The van der Waals surface area contributed by atoms with E-state index in [-0.39, 0.29) is 5.91 Å².